The molecular weight excluding hydrogens is 229 g/mol. The van der Waals surface area contributed by atoms with Crippen molar-refractivity contribution in [3.8, 4) is 0 Å². The second-order valence-electron chi connectivity index (χ2n) is 5.17. The van der Waals surface area contributed by atoms with E-state index in [0.29, 0.717) is 6.42 Å². The van der Waals surface area contributed by atoms with Gasteiger partial charge in [-0.2, -0.15) is 0 Å². The van der Waals surface area contributed by atoms with Crippen molar-refractivity contribution >= 4 is 5.78 Å². The molecule has 0 N–H and O–H groups in total. The van der Waals surface area contributed by atoms with Crippen molar-refractivity contribution in [2.75, 3.05) is 20.1 Å². The number of benzene rings is 1. The molecule has 18 heavy (non-hydrogen) atoms. The van der Waals surface area contributed by atoms with E-state index in [9.17, 15) is 9.18 Å². The van der Waals surface area contributed by atoms with Gasteiger partial charge in [0.05, 0.1) is 5.41 Å². The molecule has 1 aliphatic heterocycles. The fourth-order valence-electron chi connectivity index (χ4n) is 2.84. The van der Waals surface area contributed by atoms with Crippen LogP contribution in [0, 0.1) is 5.82 Å². The average Bonchev–Trinajstić information content (AvgIpc) is 2.40. The van der Waals surface area contributed by atoms with E-state index in [1.165, 1.54) is 12.1 Å². The zero-order valence-corrected chi connectivity index (χ0v) is 11.1. The molecule has 0 spiro atoms. The van der Waals surface area contributed by atoms with E-state index < -0.39 is 5.41 Å². The molecule has 2 nitrogen and oxygen atoms in total. The van der Waals surface area contributed by atoms with E-state index in [0.717, 1.165) is 31.5 Å². The van der Waals surface area contributed by atoms with Crippen molar-refractivity contribution in [1.29, 1.82) is 0 Å². The number of hydrogen-bond donors (Lipinski definition) is 0. The van der Waals surface area contributed by atoms with E-state index in [4.69, 9.17) is 0 Å². The number of likely N-dealkylation sites (tertiary alicyclic amines) is 1. The molecule has 1 aromatic rings. The lowest BCUT2D eigenvalue weighted by Gasteiger charge is -2.40. The predicted octanol–water partition coefficient (Wildman–Crippen LogP) is 2.77. The Kier molecular flexibility index (Phi) is 3.81. The molecule has 0 aliphatic carbocycles. The number of ketones is 1. The number of piperidine rings is 1. The first-order valence-electron chi connectivity index (χ1n) is 6.56. The quantitative estimate of drug-likeness (QED) is 0.821. The van der Waals surface area contributed by atoms with Crippen LogP contribution in [0.1, 0.15) is 31.7 Å². The Labute approximate surface area is 108 Å². The van der Waals surface area contributed by atoms with Crippen LogP contribution in [0.15, 0.2) is 24.3 Å². The van der Waals surface area contributed by atoms with Gasteiger partial charge >= 0.3 is 0 Å². The van der Waals surface area contributed by atoms with Gasteiger partial charge in [-0.25, -0.2) is 4.39 Å². The first-order chi connectivity index (χ1) is 8.58. The van der Waals surface area contributed by atoms with Crippen molar-refractivity contribution in [3.63, 3.8) is 0 Å². The summed E-state index contributed by atoms with van der Waals surface area (Å²) in [4.78, 5) is 14.6. The summed E-state index contributed by atoms with van der Waals surface area (Å²) in [6, 6.07) is 6.46. The minimum absolute atomic E-state index is 0.245. The Morgan fingerprint density at radius 1 is 1.28 bits per heavy atom. The van der Waals surface area contributed by atoms with E-state index in [-0.39, 0.29) is 11.6 Å². The zero-order chi connectivity index (χ0) is 13.2. The second-order valence-corrected chi connectivity index (χ2v) is 5.17. The highest BCUT2D eigenvalue weighted by Gasteiger charge is 2.40. The average molecular weight is 249 g/mol. The summed E-state index contributed by atoms with van der Waals surface area (Å²) in [6.45, 7) is 3.75. The van der Waals surface area contributed by atoms with Crippen molar-refractivity contribution in [1.82, 2.24) is 4.90 Å². The summed E-state index contributed by atoms with van der Waals surface area (Å²) < 4.78 is 13.0. The SMILES string of the molecule is CCC(=O)C1(c2ccc(F)cc2)CCN(C)CC1. The minimum Gasteiger partial charge on any atom is -0.306 e. The van der Waals surface area contributed by atoms with Crippen LogP contribution in [-0.2, 0) is 10.2 Å². The van der Waals surface area contributed by atoms with Gasteiger partial charge in [-0.05, 0) is 50.7 Å². The largest absolute Gasteiger partial charge is 0.306 e. The fraction of sp³-hybridized carbons (Fsp3) is 0.533. The summed E-state index contributed by atoms with van der Waals surface area (Å²) in [5.41, 5.74) is 0.582. The molecular formula is C15H20FNO. The van der Waals surface area contributed by atoms with Crippen molar-refractivity contribution in [3.05, 3.63) is 35.6 Å². The minimum atomic E-state index is -0.394. The Hall–Kier alpha value is -1.22. The maximum Gasteiger partial charge on any atom is 0.143 e. The van der Waals surface area contributed by atoms with Crippen LogP contribution in [0.5, 0.6) is 0 Å². The molecule has 98 valence electrons. The third-order valence-corrected chi connectivity index (χ3v) is 4.09. The van der Waals surface area contributed by atoms with Gasteiger partial charge in [-0.15, -0.1) is 0 Å². The van der Waals surface area contributed by atoms with Crippen LogP contribution in [0.2, 0.25) is 0 Å². The van der Waals surface area contributed by atoms with Crippen molar-refractivity contribution < 1.29 is 9.18 Å². The highest BCUT2D eigenvalue weighted by atomic mass is 19.1. The first kappa shape index (κ1) is 13.2. The van der Waals surface area contributed by atoms with Crippen LogP contribution in [0.4, 0.5) is 4.39 Å². The second kappa shape index (κ2) is 5.19. The summed E-state index contributed by atoms with van der Waals surface area (Å²) in [7, 11) is 2.07. The maximum absolute atomic E-state index is 13.0. The molecule has 0 bridgehead atoms. The van der Waals surface area contributed by atoms with Crippen molar-refractivity contribution in [2.24, 2.45) is 0 Å². The van der Waals surface area contributed by atoms with Gasteiger partial charge in [0.1, 0.15) is 11.6 Å². The predicted molar refractivity (Wildman–Crippen MR) is 70.1 cm³/mol. The standard InChI is InChI=1S/C15H20FNO/c1-3-14(18)15(8-10-17(2)11-9-15)12-4-6-13(16)7-5-12/h4-7H,3,8-11H2,1-2H3. The number of hydrogen-bond acceptors (Lipinski definition) is 2. The van der Waals surface area contributed by atoms with Gasteiger partial charge in [0, 0.05) is 6.42 Å². The molecule has 0 aromatic heterocycles. The van der Waals surface area contributed by atoms with E-state index in [1.807, 2.05) is 6.92 Å². The molecule has 0 radical (unpaired) electrons. The van der Waals surface area contributed by atoms with E-state index in [1.54, 1.807) is 12.1 Å². The molecule has 1 heterocycles. The highest BCUT2D eigenvalue weighted by Crippen LogP contribution is 2.37. The van der Waals surface area contributed by atoms with Crippen LogP contribution in [0.25, 0.3) is 0 Å². The lowest BCUT2D eigenvalue weighted by molar-refractivity contribution is -0.126. The molecule has 0 unspecified atom stereocenters. The van der Waals surface area contributed by atoms with Gasteiger partial charge < -0.3 is 4.90 Å². The summed E-state index contributed by atoms with van der Waals surface area (Å²) in [6.07, 6.45) is 2.21. The Balaban J connectivity index is 2.36. The maximum atomic E-state index is 13.0. The van der Waals surface area contributed by atoms with E-state index in [2.05, 4.69) is 11.9 Å². The molecule has 2 rings (SSSR count). The number of Topliss-reactive ketones (excluding diaryl/α,β-unsaturated/α-hetero) is 1. The number of carbonyl (C=O) groups excluding carboxylic acids is 1. The molecule has 1 aliphatic rings. The molecule has 1 saturated heterocycles. The molecule has 0 amide bonds. The van der Waals surface area contributed by atoms with Gasteiger partial charge in [-0.3, -0.25) is 4.79 Å². The normalized spacial score (nSPS) is 19.7. The zero-order valence-electron chi connectivity index (χ0n) is 11.1. The number of halogens is 1. The lowest BCUT2D eigenvalue weighted by atomic mass is 9.69. The molecule has 0 atom stereocenters. The molecule has 0 saturated carbocycles. The topological polar surface area (TPSA) is 20.3 Å². The Morgan fingerprint density at radius 3 is 2.33 bits per heavy atom. The molecule has 1 fully saturated rings. The highest BCUT2D eigenvalue weighted by molar-refractivity contribution is 5.90. The van der Waals surface area contributed by atoms with Crippen LogP contribution in [0.3, 0.4) is 0 Å². The summed E-state index contributed by atoms with van der Waals surface area (Å²) in [5.74, 6) is 0.0352. The first-order valence-corrected chi connectivity index (χ1v) is 6.56. The van der Waals surface area contributed by atoms with E-state index >= 15 is 0 Å². The Bertz CT molecular complexity index is 419. The van der Waals surface area contributed by atoms with Gasteiger partial charge in [-0.1, -0.05) is 19.1 Å². The van der Waals surface area contributed by atoms with Gasteiger partial charge in [0.25, 0.3) is 0 Å². The number of carbonyl (C=O) groups is 1. The molecule has 3 heteroatoms. The third-order valence-electron chi connectivity index (χ3n) is 4.09. The number of nitrogens with zero attached hydrogens (tertiary/aromatic N) is 1. The van der Waals surface area contributed by atoms with Gasteiger partial charge in [0.2, 0.25) is 0 Å². The van der Waals surface area contributed by atoms with Crippen LogP contribution in [-0.4, -0.2) is 30.8 Å². The monoisotopic (exact) mass is 249 g/mol. The smallest absolute Gasteiger partial charge is 0.143 e. The summed E-state index contributed by atoms with van der Waals surface area (Å²) >= 11 is 0. The summed E-state index contributed by atoms with van der Waals surface area (Å²) in [5, 5.41) is 0. The van der Waals surface area contributed by atoms with Crippen LogP contribution < -0.4 is 0 Å². The fourth-order valence-corrected chi connectivity index (χ4v) is 2.84. The lowest BCUT2D eigenvalue weighted by Crippen LogP contribution is -2.46. The number of rotatable bonds is 3. The Morgan fingerprint density at radius 2 is 1.83 bits per heavy atom. The van der Waals surface area contributed by atoms with Crippen LogP contribution >= 0.6 is 0 Å². The third kappa shape index (κ3) is 2.32. The molecule has 1 aromatic carbocycles. The van der Waals surface area contributed by atoms with Crippen molar-refractivity contribution in [2.45, 2.75) is 31.6 Å². The van der Waals surface area contributed by atoms with Gasteiger partial charge in [0.15, 0.2) is 0 Å².